The number of halogens is 3. The fourth-order valence-electron chi connectivity index (χ4n) is 1.68. The van der Waals surface area contributed by atoms with E-state index in [4.69, 9.17) is 10.5 Å². The van der Waals surface area contributed by atoms with Gasteiger partial charge >= 0.3 is 6.18 Å². The Morgan fingerprint density at radius 2 is 1.73 bits per heavy atom. The highest BCUT2D eigenvalue weighted by Crippen LogP contribution is 2.27. The number of hydrogen-bond acceptors (Lipinski definition) is 3. The second-order valence-corrected chi connectivity index (χ2v) is 4.00. The largest absolute Gasteiger partial charge is 0.411 e. The average Bonchev–Trinajstić information content (AvgIpc) is 2.50. The van der Waals surface area contributed by atoms with E-state index in [2.05, 4.69) is 4.74 Å². The van der Waals surface area contributed by atoms with Crippen LogP contribution >= 0.6 is 0 Å². The van der Waals surface area contributed by atoms with E-state index in [0.29, 0.717) is 0 Å². The summed E-state index contributed by atoms with van der Waals surface area (Å²) in [6, 6.07) is 0. The second kappa shape index (κ2) is 5.14. The van der Waals surface area contributed by atoms with Gasteiger partial charge in [0.2, 0.25) is 0 Å². The van der Waals surface area contributed by atoms with Crippen LogP contribution in [0.4, 0.5) is 13.2 Å². The predicted molar refractivity (Wildman–Crippen MR) is 48.2 cm³/mol. The lowest BCUT2D eigenvalue weighted by molar-refractivity contribution is -0.198. The first-order chi connectivity index (χ1) is 6.91. The van der Waals surface area contributed by atoms with Crippen molar-refractivity contribution in [1.29, 1.82) is 0 Å². The Morgan fingerprint density at radius 3 is 2.27 bits per heavy atom. The van der Waals surface area contributed by atoms with Crippen molar-refractivity contribution in [3.8, 4) is 0 Å². The minimum absolute atomic E-state index is 0.269. The average molecular weight is 227 g/mol. The van der Waals surface area contributed by atoms with Gasteiger partial charge in [-0.05, 0) is 12.8 Å². The number of rotatable bonds is 5. The van der Waals surface area contributed by atoms with E-state index >= 15 is 0 Å². The van der Waals surface area contributed by atoms with Gasteiger partial charge in [-0.25, -0.2) is 0 Å². The van der Waals surface area contributed by atoms with Crippen LogP contribution in [-0.2, 0) is 9.47 Å². The van der Waals surface area contributed by atoms with Crippen LogP contribution in [0.3, 0.4) is 0 Å². The van der Waals surface area contributed by atoms with Crippen molar-refractivity contribution >= 4 is 0 Å². The van der Waals surface area contributed by atoms with Crippen molar-refractivity contribution in [3.05, 3.63) is 0 Å². The molecule has 3 nitrogen and oxygen atoms in total. The smallest absolute Gasteiger partial charge is 0.354 e. The van der Waals surface area contributed by atoms with Gasteiger partial charge in [-0.2, -0.15) is 13.2 Å². The topological polar surface area (TPSA) is 44.5 Å². The first-order valence-electron chi connectivity index (χ1n) is 4.92. The molecule has 1 rings (SSSR count). The maximum absolute atomic E-state index is 11.7. The van der Waals surface area contributed by atoms with Crippen molar-refractivity contribution in [1.82, 2.24) is 0 Å². The quantitative estimate of drug-likeness (QED) is 0.575. The maximum atomic E-state index is 11.7. The van der Waals surface area contributed by atoms with Crippen LogP contribution in [0, 0.1) is 0 Å². The van der Waals surface area contributed by atoms with Crippen LogP contribution in [0.1, 0.15) is 25.7 Å². The van der Waals surface area contributed by atoms with Gasteiger partial charge in [0.25, 0.3) is 0 Å². The van der Waals surface area contributed by atoms with Crippen LogP contribution in [0.2, 0.25) is 0 Å². The van der Waals surface area contributed by atoms with Crippen LogP contribution in [-0.4, -0.2) is 31.7 Å². The molecule has 0 atom stereocenters. The zero-order valence-electron chi connectivity index (χ0n) is 8.48. The fraction of sp³-hybridized carbons (Fsp3) is 1.00. The van der Waals surface area contributed by atoms with Crippen LogP contribution in [0.15, 0.2) is 0 Å². The first kappa shape index (κ1) is 12.7. The lowest BCUT2D eigenvalue weighted by Gasteiger charge is -2.22. The molecule has 0 spiro atoms. The highest BCUT2D eigenvalue weighted by molar-refractivity contribution is 4.88. The molecule has 1 saturated carbocycles. The highest BCUT2D eigenvalue weighted by atomic mass is 19.4. The van der Waals surface area contributed by atoms with E-state index in [9.17, 15) is 13.2 Å². The maximum Gasteiger partial charge on any atom is 0.411 e. The normalized spacial score (nSPS) is 20.8. The summed E-state index contributed by atoms with van der Waals surface area (Å²) < 4.78 is 44.2. The number of nitrogens with two attached hydrogens (primary N) is 1. The van der Waals surface area contributed by atoms with Crippen LogP contribution in [0.25, 0.3) is 0 Å². The zero-order valence-corrected chi connectivity index (χ0v) is 8.48. The third-order valence-electron chi connectivity index (χ3n) is 2.42. The van der Waals surface area contributed by atoms with Gasteiger partial charge in [0.05, 0.1) is 6.61 Å². The summed E-state index contributed by atoms with van der Waals surface area (Å²) in [5, 5.41) is 0. The molecule has 0 aromatic heterocycles. The number of ether oxygens (including phenoxy) is 2. The monoisotopic (exact) mass is 227 g/mol. The molecule has 2 N–H and O–H groups in total. The first-order valence-corrected chi connectivity index (χ1v) is 4.92. The third kappa shape index (κ3) is 5.34. The van der Waals surface area contributed by atoms with E-state index in [1.165, 1.54) is 0 Å². The number of hydrogen-bond donors (Lipinski definition) is 1. The third-order valence-corrected chi connectivity index (χ3v) is 2.42. The summed E-state index contributed by atoms with van der Waals surface area (Å²) >= 11 is 0. The Morgan fingerprint density at radius 1 is 1.13 bits per heavy atom. The molecule has 90 valence electrons. The summed E-state index contributed by atoms with van der Waals surface area (Å²) in [7, 11) is 0. The second-order valence-electron chi connectivity index (χ2n) is 4.00. The molecular weight excluding hydrogens is 211 g/mol. The molecule has 0 heterocycles. The SMILES string of the molecule is NC1(COCOCC(F)(F)F)CCCC1. The molecule has 0 saturated heterocycles. The van der Waals surface area contributed by atoms with Gasteiger partial charge in [-0.3, -0.25) is 0 Å². The van der Waals surface area contributed by atoms with E-state index in [-0.39, 0.29) is 18.9 Å². The molecule has 0 aromatic rings. The zero-order chi connectivity index (χ0) is 11.4. The van der Waals surface area contributed by atoms with Gasteiger partial charge in [-0.15, -0.1) is 0 Å². The van der Waals surface area contributed by atoms with E-state index in [1.807, 2.05) is 0 Å². The summed E-state index contributed by atoms with van der Waals surface area (Å²) in [6.45, 7) is -1.35. The van der Waals surface area contributed by atoms with Crippen molar-refractivity contribution < 1.29 is 22.6 Å². The van der Waals surface area contributed by atoms with Crippen molar-refractivity contribution in [3.63, 3.8) is 0 Å². The molecule has 0 bridgehead atoms. The Balaban J connectivity index is 2.02. The molecule has 1 aliphatic carbocycles. The molecule has 6 heteroatoms. The van der Waals surface area contributed by atoms with Gasteiger partial charge in [0.1, 0.15) is 13.4 Å². The Kier molecular flexibility index (Phi) is 4.36. The van der Waals surface area contributed by atoms with Crippen molar-refractivity contribution in [2.75, 3.05) is 20.0 Å². The predicted octanol–water partition coefficient (Wildman–Crippen LogP) is 1.81. The van der Waals surface area contributed by atoms with Gasteiger partial charge in [-0.1, -0.05) is 12.8 Å². The lowest BCUT2D eigenvalue weighted by Crippen LogP contribution is -2.41. The van der Waals surface area contributed by atoms with Crippen molar-refractivity contribution in [2.24, 2.45) is 5.73 Å². The Labute approximate surface area is 86.7 Å². The molecule has 0 aliphatic heterocycles. The van der Waals surface area contributed by atoms with Crippen LogP contribution < -0.4 is 5.73 Å². The summed E-state index contributed by atoms with van der Waals surface area (Å²) in [6.07, 6.45) is -0.442. The minimum Gasteiger partial charge on any atom is -0.354 e. The number of alkyl halides is 3. The molecule has 1 fully saturated rings. The Hall–Kier alpha value is -0.330. The fourth-order valence-corrected chi connectivity index (χ4v) is 1.68. The van der Waals surface area contributed by atoms with E-state index < -0.39 is 12.8 Å². The highest BCUT2D eigenvalue weighted by Gasteiger charge is 2.30. The standard InChI is InChI=1S/C9H16F3NO2/c10-9(11,12)6-15-7-14-5-8(13)3-1-2-4-8/h1-7,13H2. The van der Waals surface area contributed by atoms with Crippen LogP contribution in [0.5, 0.6) is 0 Å². The van der Waals surface area contributed by atoms with Gasteiger partial charge in [0.15, 0.2) is 0 Å². The molecule has 0 amide bonds. The van der Waals surface area contributed by atoms with E-state index in [0.717, 1.165) is 25.7 Å². The molecular formula is C9H16F3NO2. The molecule has 0 unspecified atom stereocenters. The molecule has 0 aromatic carbocycles. The molecule has 15 heavy (non-hydrogen) atoms. The summed E-state index contributed by atoms with van der Waals surface area (Å²) in [5.74, 6) is 0. The molecule has 0 radical (unpaired) electrons. The van der Waals surface area contributed by atoms with Crippen molar-refractivity contribution in [2.45, 2.75) is 37.4 Å². The van der Waals surface area contributed by atoms with E-state index in [1.54, 1.807) is 0 Å². The molecule has 1 aliphatic rings. The minimum atomic E-state index is -4.29. The van der Waals surface area contributed by atoms with Gasteiger partial charge < -0.3 is 15.2 Å². The summed E-state index contributed by atoms with van der Waals surface area (Å²) in [4.78, 5) is 0. The summed E-state index contributed by atoms with van der Waals surface area (Å²) in [5.41, 5.74) is 5.56. The lowest BCUT2D eigenvalue weighted by atomic mass is 10.0. The Bertz CT molecular complexity index is 190. The van der Waals surface area contributed by atoms with Gasteiger partial charge in [0, 0.05) is 5.54 Å².